The lowest BCUT2D eigenvalue weighted by molar-refractivity contribution is -0.154. The average Bonchev–Trinajstić information content (AvgIpc) is 3.15. The Morgan fingerprint density at radius 2 is 2.03 bits per heavy atom. The third-order valence-electron chi connectivity index (χ3n) is 4.58. The van der Waals surface area contributed by atoms with E-state index in [0.29, 0.717) is 24.7 Å². The van der Waals surface area contributed by atoms with Gasteiger partial charge in [-0.1, -0.05) is 12.1 Å². The summed E-state index contributed by atoms with van der Waals surface area (Å²) in [6.45, 7) is 3.17. The second kappa shape index (κ2) is 9.19. The van der Waals surface area contributed by atoms with Gasteiger partial charge < -0.3 is 19.7 Å². The van der Waals surface area contributed by atoms with Crippen LogP contribution < -0.4 is 19.7 Å². The van der Waals surface area contributed by atoms with Gasteiger partial charge in [-0.25, -0.2) is 9.97 Å². The van der Waals surface area contributed by atoms with Crippen molar-refractivity contribution >= 4 is 11.7 Å². The number of alkyl halides is 3. The third kappa shape index (κ3) is 6.23. The Balaban J connectivity index is 1.55. The summed E-state index contributed by atoms with van der Waals surface area (Å²) >= 11 is 0. The van der Waals surface area contributed by atoms with Gasteiger partial charge in [-0.15, -0.1) is 0 Å². The first-order valence-corrected chi connectivity index (χ1v) is 9.50. The second-order valence-corrected chi connectivity index (χ2v) is 7.08. The first-order valence-electron chi connectivity index (χ1n) is 9.50. The van der Waals surface area contributed by atoms with Crippen LogP contribution in [0, 0.1) is 0 Å². The molecule has 162 valence electrons. The predicted octanol–water partition coefficient (Wildman–Crippen LogP) is 3.27. The minimum atomic E-state index is -4.42. The van der Waals surface area contributed by atoms with Crippen molar-refractivity contribution in [3.8, 4) is 11.6 Å². The van der Waals surface area contributed by atoms with E-state index in [4.69, 9.17) is 4.74 Å². The number of ether oxygens (including phenoxy) is 2. The molecule has 1 aliphatic heterocycles. The van der Waals surface area contributed by atoms with Gasteiger partial charge in [0, 0.05) is 26.0 Å². The maximum Gasteiger partial charge on any atom is 0.422 e. The predicted molar refractivity (Wildman–Crippen MR) is 104 cm³/mol. The van der Waals surface area contributed by atoms with E-state index < -0.39 is 12.8 Å². The number of rotatable bonds is 7. The molecule has 0 saturated carbocycles. The Labute approximate surface area is 172 Å². The zero-order valence-electron chi connectivity index (χ0n) is 16.6. The fourth-order valence-electron chi connectivity index (χ4n) is 3.19. The Morgan fingerprint density at radius 1 is 1.30 bits per heavy atom. The molecule has 2 atom stereocenters. The lowest BCUT2D eigenvalue weighted by Crippen LogP contribution is -2.25. The van der Waals surface area contributed by atoms with Crippen molar-refractivity contribution < 1.29 is 27.4 Å². The molecule has 1 amide bonds. The molecule has 7 nitrogen and oxygen atoms in total. The van der Waals surface area contributed by atoms with Crippen molar-refractivity contribution in [2.75, 3.05) is 24.6 Å². The van der Waals surface area contributed by atoms with Crippen LogP contribution in [0.4, 0.5) is 19.0 Å². The monoisotopic (exact) mass is 424 g/mol. The average molecular weight is 424 g/mol. The van der Waals surface area contributed by atoms with Crippen molar-refractivity contribution in [2.45, 2.75) is 38.6 Å². The van der Waals surface area contributed by atoms with E-state index in [2.05, 4.69) is 20.0 Å². The number of nitrogens with zero attached hydrogens (tertiary/aromatic N) is 3. The minimum absolute atomic E-state index is 0.0851. The van der Waals surface area contributed by atoms with Crippen LogP contribution >= 0.6 is 0 Å². The number of anilines is 1. The summed E-state index contributed by atoms with van der Waals surface area (Å²) in [7, 11) is 0. The molecule has 0 bridgehead atoms. The number of nitrogens with one attached hydrogen (secondary N) is 1. The highest BCUT2D eigenvalue weighted by atomic mass is 19.4. The summed E-state index contributed by atoms with van der Waals surface area (Å²) < 4.78 is 47.6. The standard InChI is InChI=1S/C20H23F3N4O3/c1-13(26-14(2)28)15-3-5-16(6-4-15)30-17-7-8-27(10-17)18-9-19(25-12-24-18)29-11-20(21,22)23/h3-6,9,12-13,17H,7-8,10-11H2,1-2H3,(H,26,28)/t13-,17+/m0/s1. The zero-order valence-corrected chi connectivity index (χ0v) is 16.6. The molecule has 0 aliphatic carbocycles. The van der Waals surface area contributed by atoms with Gasteiger partial charge in [0.25, 0.3) is 0 Å². The Bertz CT molecular complexity index is 861. The van der Waals surface area contributed by atoms with Crippen LogP contribution in [0.3, 0.4) is 0 Å². The highest BCUT2D eigenvalue weighted by molar-refractivity contribution is 5.73. The highest BCUT2D eigenvalue weighted by Gasteiger charge is 2.29. The van der Waals surface area contributed by atoms with Crippen molar-refractivity contribution in [1.82, 2.24) is 15.3 Å². The molecule has 1 N–H and O–H groups in total. The van der Waals surface area contributed by atoms with Crippen LogP contribution in [0.15, 0.2) is 36.7 Å². The molecule has 1 aromatic heterocycles. The van der Waals surface area contributed by atoms with E-state index >= 15 is 0 Å². The highest BCUT2D eigenvalue weighted by Crippen LogP contribution is 2.25. The second-order valence-electron chi connectivity index (χ2n) is 7.08. The molecule has 1 aliphatic rings. The molecule has 0 unspecified atom stereocenters. The first-order chi connectivity index (χ1) is 14.2. The van der Waals surface area contributed by atoms with E-state index in [0.717, 1.165) is 12.0 Å². The van der Waals surface area contributed by atoms with Crippen LogP contribution in [0.2, 0.25) is 0 Å². The van der Waals surface area contributed by atoms with Gasteiger partial charge in [0.05, 0.1) is 12.6 Å². The van der Waals surface area contributed by atoms with Crippen LogP contribution in [0.1, 0.15) is 31.9 Å². The fourth-order valence-corrected chi connectivity index (χ4v) is 3.19. The molecule has 1 fully saturated rings. The smallest absolute Gasteiger partial charge is 0.422 e. The quantitative estimate of drug-likeness (QED) is 0.735. The first kappa shape index (κ1) is 21.7. The summed E-state index contributed by atoms with van der Waals surface area (Å²) in [5.41, 5.74) is 0.970. The molecule has 2 heterocycles. The Morgan fingerprint density at radius 3 is 2.70 bits per heavy atom. The van der Waals surface area contributed by atoms with Gasteiger partial charge in [0.2, 0.25) is 11.8 Å². The lowest BCUT2D eigenvalue weighted by Gasteiger charge is -2.19. The number of hydrogen-bond acceptors (Lipinski definition) is 6. The molecular formula is C20H23F3N4O3. The van der Waals surface area contributed by atoms with Crippen molar-refractivity contribution in [3.63, 3.8) is 0 Å². The Hall–Kier alpha value is -3.04. The molecule has 0 spiro atoms. The van der Waals surface area contributed by atoms with E-state index in [1.165, 1.54) is 19.3 Å². The van der Waals surface area contributed by atoms with E-state index in [-0.39, 0.29) is 23.9 Å². The van der Waals surface area contributed by atoms with Crippen molar-refractivity contribution in [2.24, 2.45) is 0 Å². The van der Waals surface area contributed by atoms with Gasteiger partial charge >= 0.3 is 6.18 Å². The van der Waals surface area contributed by atoms with Gasteiger partial charge in [-0.05, 0) is 24.6 Å². The molecule has 1 saturated heterocycles. The molecule has 30 heavy (non-hydrogen) atoms. The Kier molecular flexibility index (Phi) is 6.63. The topological polar surface area (TPSA) is 76.6 Å². The largest absolute Gasteiger partial charge is 0.489 e. The fraction of sp³-hybridized carbons (Fsp3) is 0.450. The van der Waals surface area contributed by atoms with Gasteiger partial charge in [-0.2, -0.15) is 13.2 Å². The minimum Gasteiger partial charge on any atom is -0.489 e. The summed E-state index contributed by atoms with van der Waals surface area (Å²) in [6.07, 6.45) is -2.58. The summed E-state index contributed by atoms with van der Waals surface area (Å²) in [5, 5.41) is 2.83. The van der Waals surface area contributed by atoms with Crippen molar-refractivity contribution in [1.29, 1.82) is 0 Å². The number of carbonyl (C=O) groups is 1. The van der Waals surface area contributed by atoms with Crippen molar-refractivity contribution in [3.05, 3.63) is 42.2 Å². The molecule has 2 aromatic rings. The van der Waals surface area contributed by atoms with E-state index in [1.54, 1.807) is 0 Å². The maximum absolute atomic E-state index is 12.3. The number of benzene rings is 1. The molecule has 0 radical (unpaired) electrons. The lowest BCUT2D eigenvalue weighted by atomic mass is 10.1. The van der Waals surface area contributed by atoms with Crippen LogP contribution in [0.5, 0.6) is 11.6 Å². The van der Waals surface area contributed by atoms with E-state index in [9.17, 15) is 18.0 Å². The SMILES string of the molecule is CC(=O)N[C@@H](C)c1ccc(O[C@@H]2CCN(c3cc(OCC(F)(F)F)ncn3)C2)cc1. The third-order valence-corrected chi connectivity index (χ3v) is 4.58. The van der Waals surface area contributed by atoms with Crippen LogP contribution in [-0.4, -0.2) is 47.9 Å². The zero-order chi connectivity index (χ0) is 21.7. The summed E-state index contributed by atoms with van der Waals surface area (Å²) in [6, 6.07) is 8.81. The normalized spacial score (nSPS) is 17.5. The molecular weight excluding hydrogens is 401 g/mol. The van der Waals surface area contributed by atoms with Gasteiger partial charge in [0.1, 0.15) is 24.0 Å². The van der Waals surface area contributed by atoms with Gasteiger partial charge in [0.15, 0.2) is 6.61 Å². The van der Waals surface area contributed by atoms with Gasteiger partial charge in [-0.3, -0.25) is 4.79 Å². The van der Waals surface area contributed by atoms with Crippen LogP contribution in [0.25, 0.3) is 0 Å². The number of aromatic nitrogens is 2. The van der Waals surface area contributed by atoms with Crippen LogP contribution in [-0.2, 0) is 4.79 Å². The summed E-state index contributed by atoms with van der Waals surface area (Å²) in [5.74, 6) is 0.987. The molecule has 10 heteroatoms. The van der Waals surface area contributed by atoms with E-state index in [1.807, 2.05) is 36.1 Å². The number of hydrogen-bond donors (Lipinski definition) is 1. The maximum atomic E-state index is 12.3. The molecule has 3 rings (SSSR count). The number of halogens is 3. The number of carbonyl (C=O) groups excluding carboxylic acids is 1. The molecule has 1 aromatic carbocycles. The number of amides is 1. The summed E-state index contributed by atoms with van der Waals surface area (Å²) in [4.78, 5) is 20.9.